The molecule has 0 aliphatic heterocycles. The van der Waals surface area contributed by atoms with Crippen LogP contribution in [0.5, 0.6) is 0 Å². The second-order valence-corrected chi connectivity index (χ2v) is 8.19. The van der Waals surface area contributed by atoms with Crippen molar-refractivity contribution in [2.75, 3.05) is 5.32 Å². The molecule has 0 saturated carbocycles. The minimum atomic E-state index is -0.547. The normalized spacial score (nSPS) is 10.8. The molecule has 0 aliphatic rings. The lowest BCUT2D eigenvalue weighted by molar-refractivity contribution is 0.632. The Labute approximate surface area is 204 Å². The van der Waals surface area contributed by atoms with Crippen LogP contribution in [0.1, 0.15) is 11.3 Å². The van der Waals surface area contributed by atoms with Gasteiger partial charge in [0.15, 0.2) is 5.69 Å². The fraction of sp³-hybridized carbons (Fsp3) is 0.0370. The van der Waals surface area contributed by atoms with Crippen molar-refractivity contribution in [3.63, 3.8) is 0 Å². The van der Waals surface area contributed by atoms with E-state index < -0.39 is 5.82 Å². The van der Waals surface area contributed by atoms with Crippen molar-refractivity contribution in [3.8, 4) is 17.2 Å². The van der Waals surface area contributed by atoms with Crippen LogP contribution in [0.15, 0.2) is 90.1 Å². The third-order valence-electron chi connectivity index (χ3n) is 5.60. The summed E-state index contributed by atoms with van der Waals surface area (Å²) in [5.74, 6) is -0.218. The van der Waals surface area contributed by atoms with Crippen LogP contribution in [-0.4, -0.2) is 14.5 Å². The Hall–Kier alpha value is -4.54. The summed E-state index contributed by atoms with van der Waals surface area (Å²) in [5.41, 5.74) is 1.84. The summed E-state index contributed by atoms with van der Waals surface area (Å²) in [6, 6.07) is 21.3. The molecule has 0 amide bonds. The molecule has 6 nitrogen and oxygen atoms in total. The Morgan fingerprint density at radius 2 is 1.80 bits per heavy atom. The van der Waals surface area contributed by atoms with Crippen molar-refractivity contribution >= 4 is 33.9 Å². The average molecular weight is 482 g/mol. The van der Waals surface area contributed by atoms with Gasteiger partial charge in [-0.05, 0) is 47.3 Å². The van der Waals surface area contributed by atoms with Crippen LogP contribution in [0.4, 0.5) is 15.9 Å². The van der Waals surface area contributed by atoms with Crippen molar-refractivity contribution in [2.24, 2.45) is 0 Å². The maximum absolute atomic E-state index is 15.1. The zero-order valence-corrected chi connectivity index (χ0v) is 19.0. The molecule has 0 aliphatic carbocycles. The van der Waals surface area contributed by atoms with E-state index in [1.165, 1.54) is 12.3 Å². The van der Waals surface area contributed by atoms with Crippen molar-refractivity contribution in [1.29, 1.82) is 5.26 Å². The minimum absolute atomic E-state index is 0.0255. The molecule has 0 spiro atoms. The lowest BCUT2D eigenvalue weighted by Crippen LogP contribution is -2.21. The molecule has 35 heavy (non-hydrogen) atoms. The molecule has 170 valence electrons. The summed E-state index contributed by atoms with van der Waals surface area (Å²) in [4.78, 5) is 21.5. The number of fused-ring (bicyclic) bond motifs is 1. The van der Waals surface area contributed by atoms with Crippen LogP contribution in [0.3, 0.4) is 0 Å². The van der Waals surface area contributed by atoms with E-state index in [9.17, 15) is 4.79 Å². The highest BCUT2D eigenvalue weighted by atomic mass is 35.5. The van der Waals surface area contributed by atoms with Crippen molar-refractivity contribution in [1.82, 2.24) is 14.5 Å². The quantitative estimate of drug-likeness (QED) is 0.337. The van der Waals surface area contributed by atoms with Gasteiger partial charge in [0.05, 0.1) is 17.0 Å². The molecule has 1 N–H and O–H groups in total. The zero-order chi connectivity index (χ0) is 24.4. The first-order valence-electron chi connectivity index (χ1n) is 10.7. The number of hydrogen-bond acceptors (Lipinski definition) is 5. The van der Waals surface area contributed by atoms with E-state index in [1.54, 1.807) is 41.2 Å². The highest BCUT2D eigenvalue weighted by molar-refractivity contribution is 6.34. The second-order valence-electron chi connectivity index (χ2n) is 7.81. The molecule has 0 radical (unpaired) electrons. The van der Waals surface area contributed by atoms with Gasteiger partial charge in [-0.25, -0.2) is 14.4 Å². The maximum atomic E-state index is 15.1. The van der Waals surface area contributed by atoms with Crippen LogP contribution < -0.4 is 10.9 Å². The van der Waals surface area contributed by atoms with Crippen LogP contribution in [0, 0.1) is 17.1 Å². The molecule has 0 unspecified atom stereocenters. The van der Waals surface area contributed by atoms with Crippen LogP contribution in [0.2, 0.25) is 5.02 Å². The molecule has 3 heterocycles. The van der Waals surface area contributed by atoms with E-state index in [0.717, 1.165) is 10.9 Å². The van der Waals surface area contributed by atoms with Gasteiger partial charge in [0.1, 0.15) is 17.7 Å². The van der Waals surface area contributed by atoms with Crippen molar-refractivity contribution in [3.05, 3.63) is 118 Å². The largest absolute Gasteiger partial charge is 0.339 e. The molecule has 2 aromatic carbocycles. The summed E-state index contributed by atoms with van der Waals surface area (Å²) >= 11 is 6.23. The number of anilines is 2. The first-order chi connectivity index (χ1) is 17.0. The van der Waals surface area contributed by atoms with E-state index >= 15 is 4.39 Å². The van der Waals surface area contributed by atoms with Gasteiger partial charge in [-0.3, -0.25) is 4.79 Å². The van der Waals surface area contributed by atoms with Gasteiger partial charge in [0.2, 0.25) is 0 Å². The number of nitriles is 1. The van der Waals surface area contributed by atoms with Crippen LogP contribution >= 0.6 is 11.6 Å². The third kappa shape index (κ3) is 4.35. The molecule has 0 atom stereocenters. The molecule has 3 aromatic heterocycles. The van der Waals surface area contributed by atoms with E-state index in [2.05, 4.69) is 15.3 Å². The topological polar surface area (TPSA) is 83.6 Å². The van der Waals surface area contributed by atoms with E-state index in [4.69, 9.17) is 16.9 Å². The third-order valence-corrected chi connectivity index (χ3v) is 5.99. The van der Waals surface area contributed by atoms with E-state index in [0.29, 0.717) is 29.0 Å². The predicted octanol–water partition coefficient (Wildman–Crippen LogP) is 5.91. The first-order valence-corrected chi connectivity index (χ1v) is 11.1. The number of pyridine rings is 3. The highest BCUT2D eigenvalue weighted by Crippen LogP contribution is 2.33. The molecule has 0 fully saturated rings. The van der Waals surface area contributed by atoms with Crippen LogP contribution in [-0.2, 0) is 6.54 Å². The number of hydrogen-bond donors (Lipinski definition) is 1. The fourth-order valence-corrected chi connectivity index (χ4v) is 4.15. The Kier molecular flexibility index (Phi) is 5.96. The molecule has 5 rings (SSSR count). The lowest BCUT2D eigenvalue weighted by Gasteiger charge is -2.13. The number of aromatic nitrogens is 3. The van der Waals surface area contributed by atoms with Gasteiger partial charge < -0.3 is 9.88 Å². The summed E-state index contributed by atoms with van der Waals surface area (Å²) < 4.78 is 16.7. The van der Waals surface area contributed by atoms with E-state index in [1.807, 2.05) is 42.5 Å². The predicted molar refractivity (Wildman–Crippen MR) is 134 cm³/mol. The summed E-state index contributed by atoms with van der Waals surface area (Å²) in [7, 11) is 0. The van der Waals surface area contributed by atoms with Crippen molar-refractivity contribution < 1.29 is 4.39 Å². The monoisotopic (exact) mass is 481 g/mol. The number of benzene rings is 2. The van der Waals surface area contributed by atoms with Crippen molar-refractivity contribution in [2.45, 2.75) is 6.54 Å². The van der Waals surface area contributed by atoms with Gasteiger partial charge >= 0.3 is 0 Å². The van der Waals surface area contributed by atoms with Gasteiger partial charge in [-0.2, -0.15) is 5.26 Å². The lowest BCUT2D eigenvalue weighted by atomic mass is 10.0. The number of nitrogens with zero attached hydrogens (tertiary/aromatic N) is 4. The van der Waals surface area contributed by atoms with Crippen LogP contribution in [0.25, 0.3) is 21.9 Å². The zero-order valence-electron chi connectivity index (χ0n) is 18.2. The fourth-order valence-electron chi connectivity index (χ4n) is 3.90. The summed E-state index contributed by atoms with van der Waals surface area (Å²) in [6.07, 6.45) is 4.76. The summed E-state index contributed by atoms with van der Waals surface area (Å²) in [5, 5.41) is 13.4. The van der Waals surface area contributed by atoms with Gasteiger partial charge in [-0.15, -0.1) is 0 Å². The Morgan fingerprint density at radius 3 is 2.57 bits per heavy atom. The number of rotatable bonds is 5. The number of nitrogens with one attached hydrogen (secondary N) is 1. The molecule has 0 bridgehead atoms. The highest BCUT2D eigenvalue weighted by Gasteiger charge is 2.15. The SMILES string of the molecule is N#Cc1nccc(-c2ccc(Nc3nccc4ccn(Cc5ccccc5)c(=O)c34)cc2F)c1Cl. The Morgan fingerprint density at radius 1 is 1.00 bits per heavy atom. The van der Waals surface area contributed by atoms with Gasteiger partial charge in [-0.1, -0.05) is 41.9 Å². The van der Waals surface area contributed by atoms with Gasteiger partial charge in [0, 0.05) is 35.4 Å². The smallest absolute Gasteiger partial charge is 0.262 e. The summed E-state index contributed by atoms with van der Waals surface area (Å²) in [6.45, 7) is 0.421. The Bertz CT molecular complexity index is 1660. The molecular formula is C27H17ClFN5O. The molecule has 0 saturated heterocycles. The standard InChI is InChI=1S/C27H17ClFN5O/c28-25-21(9-12-31-23(25)15-30)20-7-6-19(14-22(20)29)33-26-24-18(8-11-32-26)10-13-34(27(24)35)16-17-4-2-1-3-5-17/h1-14H,16H2,(H,32,33). The first kappa shape index (κ1) is 22.3. The van der Waals surface area contributed by atoms with Gasteiger partial charge in [0.25, 0.3) is 5.56 Å². The van der Waals surface area contributed by atoms with E-state index in [-0.39, 0.29) is 21.8 Å². The molecule has 8 heteroatoms. The molecule has 5 aromatic rings. The minimum Gasteiger partial charge on any atom is -0.339 e. The Balaban J connectivity index is 1.51. The average Bonchev–Trinajstić information content (AvgIpc) is 2.87. The number of halogens is 2. The maximum Gasteiger partial charge on any atom is 0.262 e. The second kappa shape index (κ2) is 9.37. The molecular weight excluding hydrogens is 465 g/mol.